The third-order valence-corrected chi connectivity index (χ3v) is 5.24. The summed E-state index contributed by atoms with van der Waals surface area (Å²) >= 11 is 6.03. The van der Waals surface area contributed by atoms with Gasteiger partial charge in [0.2, 0.25) is 0 Å². The van der Waals surface area contributed by atoms with Crippen LogP contribution in [-0.2, 0) is 10.0 Å². The van der Waals surface area contributed by atoms with Crippen LogP contribution in [0.15, 0.2) is 44.2 Å². The highest BCUT2D eigenvalue weighted by Gasteiger charge is 2.21. The van der Waals surface area contributed by atoms with Gasteiger partial charge in [0, 0.05) is 14.6 Å². The Labute approximate surface area is 136 Å². The molecule has 0 aliphatic carbocycles. The highest BCUT2D eigenvalue weighted by molar-refractivity contribution is 9.11. The van der Waals surface area contributed by atoms with Gasteiger partial charge in [0.15, 0.2) is 0 Å². The van der Waals surface area contributed by atoms with Gasteiger partial charge in [0.25, 0.3) is 10.0 Å². The first-order valence-corrected chi connectivity index (χ1v) is 8.50. The number of nitrogens with two attached hydrogens (primary N) is 1. The van der Waals surface area contributed by atoms with Crippen molar-refractivity contribution in [1.29, 1.82) is 0 Å². The molecule has 0 bridgehead atoms. The highest BCUT2D eigenvalue weighted by atomic mass is 79.9. The summed E-state index contributed by atoms with van der Waals surface area (Å²) in [4.78, 5) is -0.598. The van der Waals surface area contributed by atoms with Gasteiger partial charge in [-0.25, -0.2) is 17.2 Å². The number of anilines is 2. The Kier molecular flexibility index (Phi) is 4.54. The Balaban J connectivity index is 2.46. The molecule has 0 saturated heterocycles. The average molecular weight is 442 g/mol. The van der Waals surface area contributed by atoms with Crippen LogP contribution >= 0.6 is 31.9 Å². The van der Waals surface area contributed by atoms with E-state index in [1.165, 1.54) is 6.07 Å². The monoisotopic (exact) mass is 440 g/mol. The van der Waals surface area contributed by atoms with Crippen LogP contribution in [0.5, 0.6) is 0 Å². The summed E-state index contributed by atoms with van der Waals surface area (Å²) in [7, 11) is -4.20. The van der Waals surface area contributed by atoms with Gasteiger partial charge in [0.05, 0.1) is 5.69 Å². The van der Waals surface area contributed by atoms with E-state index in [4.69, 9.17) is 5.73 Å². The quantitative estimate of drug-likeness (QED) is 0.710. The van der Waals surface area contributed by atoms with Crippen molar-refractivity contribution in [1.82, 2.24) is 0 Å². The van der Waals surface area contributed by atoms with E-state index < -0.39 is 26.6 Å². The number of hydrogen-bond donors (Lipinski definition) is 2. The minimum atomic E-state index is -4.20. The molecule has 4 nitrogen and oxygen atoms in total. The molecule has 2 aromatic rings. The first-order chi connectivity index (χ1) is 9.70. The minimum absolute atomic E-state index is 0.0787. The van der Waals surface area contributed by atoms with E-state index in [0.717, 1.165) is 24.3 Å². The molecule has 2 rings (SSSR count). The normalized spacial score (nSPS) is 11.4. The number of halogens is 4. The molecule has 0 fully saturated rings. The molecule has 0 saturated carbocycles. The largest absolute Gasteiger partial charge is 0.398 e. The van der Waals surface area contributed by atoms with Crippen molar-refractivity contribution in [3.8, 4) is 0 Å². The number of rotatable bonds is 3. The molecule has 0 amide bonds. The lowest BCUT2D eigenvalue weighted by molar-refractivity contribution is 0.570. The molecule has 0 heterocycles. The number of hydrogen-bond acceptors (Lipinski definition) is 3. The molecule has 0 atom stereocenters. The Morgan fingerprint density at radius 3 is 2.33 bits per heavy atom. The van der Waals surface area contributed by atoms with Crippen LogP contribution in [0.4, 0.5) is 20.2 Å². The van der Waals surface area contributed by atoms with E-state index in [-0.39, 0.29) is 20.3 Å². The average Bonchev–Trinajstić information content (AvgIpc) is 2.37. The number of nitrogen functional groups attached to an aromatic ring is 1. The van der Waals surface area contributed by atoms with Crippen LogP contribution in [0.3, 0.4) is 0 Å². The highest BCUT2D eigenvalue weighted by Crippen LogP contribution is 2.29. The number of nitrogens with one attached hydrogen (secondary N) is 1. The van der Waals surface area contributed by atoms with Gasteiger partial charge in [-0.15, -0.1) is 0 Å². The van der Waals surface area contributed by atoms with Gasteiger partial charge in [-0.1, -0.05) is 0 Å². The molecule has 2 aromatic carbocycles. The zero-order chi connectivity index (χ0) is 15.8. The smallest absolute Gasteiger partial charge is 0.264 e. The third-order valence-electron chi connectivity index (χ3n) is 2.52. The van der Waals surface area contributed by atoms with E-state index in [2.05, 4.69) is 36.6 Å². The van der Waals surface area contributed by atoms with Crippen LogP contribution in [-0.4, -0.2) is 8.42 Å². The van der Waals surface area contributed by atoms with Crippen LogP contribution in [0, 0.1) is 11.6 Å². The summed E-state index contributed by atoms with van der Waals surface area (Å²) in [5.74, 6) is -1.49. The van der Waals surface area contributed by atoms with E-state index >= 15 is 0 Å². The molecule has 0 unspecified atom stereocenters. The first-order valence-electron chi connectivity index (χ1n) is 5.43. The maximum absolute atomic E-state index is 13.8. The summed E-state index contributed by atoms with van der Waals surface area (Å²) in [5.41, 5.74) is 5.72. The van der Waals surface area contributed by atoms with Crippen LogP contribution in [0.2, 0.25) is 0 Å². The Bertz CT molecular complexity index is 813. The second-order valence-corrected chi connectivity index (χ2v) is 7.39. The molecule has 0 radical (unpaired) electrons. The fourth-order valence-electron chi connectivity index (χ4n) is 1.52. The lowest BCUT2D eigenvalue weighted by Gasteiger charge is -2.11. The van der Waals surface area contributed by atoms with E-state index in [1.54, 1.807) is 0 Å². The maximum atomic E-state index is 13.8. The van der Waals surface area contributed by atoms with Crippen molar-refractivity contribution >= 4 is 53.3 Å². The Hall–Kier alpha value is -1.19. The van der Waals surface area contributed by atoms with E-state index in [1.807, 2.05) is 0 Å². The third kappa shape index (κ3) is 3.53. The SMILES string of the molecule is Nc1cc(S(=O)(=O)Nc2ccc(F)cc2Br)c(F)cc1Br. The fraction of sp³-hybridized carbons (Fsp3) is 0. The summed E-state index contributed by atoms with van der Waals surface area (Å²) < 4.78 is 53.8. The van der Waals surface area contributed by atoms with Crippen LogP contribution < -0.4 is 10.5 Å². The molecular weight excluding hydrogens is 434 g/mol. The zero-order valence-corrected chi connectivity index (χ0v) is 14.2. The molecule has 0 aromatic heterocycles. The van der Waals surface area contributed by atoms with E-state index in [9.17, 15) is 17.2 Å². The van der Waals surface area contributed by atoms with Crippen LogP contribution in [0.1, 0.15) is 0 Å². The fourth-order valence-corrected chi connectivity index (χ4v) is 3.59. The summed E-state index contributed by atoms with van der Waals surface area (Å²) in [5, 5.41) is 0. The lowest BCUT2D eigenvalue weighted by Crippen LogP contribution is -2.15. The summed E-state index contributed by atoms with van der Waals surface area (Å²) in [6.07, 6.45) is 0. The van der Waals surface area contributed by atoms with Crippen molar-refractivity contribution < 1.29 is 17.2 Å². The number of benzene rings is 2. The molecule has 0 aliphatic heterocycles. The van der Waals surface area contributed by atoms with Crippen LogP contribution in [0.25, 0.3) is 0 Å². The van der Waals surface area contributed by atoms with Gasteiger partial charge in [-0.05, 0) is 62.2 Å². The zero-order valence-electron chi connectivity index (χ0n) is 10.2. The molecule has 3 N–H and O–H groups in total. The van der Waals surface area contributed by atoms with Crippen molar-refractivity contribution in [3.63, 3.8) is 0 Å². The lowest BCUT2D eigenvalue weighted by atomic mass is 10.3. The van der Waals surface area contributed by atoms with Crippen molar-refractivity contribution in [2.75, 3.05) is 10.5 Å². The summed E-state index contributed by atoms with van der Waals surface area (Å²) in [6, 6.07) is 5.35. The molecule has 112 valence electrons. The minimum Gasteiger partial charge on any atom is -0.398 e. The predicted molar refractivity (Wildman–Crippen MR) is 83.4 cm³/mol. The van der Waals surface area contributed by atoms with Gasteiger partial charge < -0.3 is 5.73 Å². The van der Waals surface area contributed by atoms with Gasteiger partial charge in [-0.2, -0.15) is 0 Å². The predicted octanol–water partition coefficient (Wildman–Crippen LogP) is 3.87. The van der Waals surface area contributed by atoms with E-state index in [0.29, 0.717) is 0 Å². The van der Waals surface area contributed by atoms with Gasteiger partial charge in [0.1, 0.15) is 16.5 Å². The number of sulfonamides is 1. The van der Waals surface area contributed by atoms with Gasteiger partial charge in [-0.3, -0.25) is 4.72 Å². The molecule has 0 aliphatic rings. The maximum Gasteiger partial charge on any atom is 0.264 e. The second kappa shape index (κ2) is 5.90. The van der Waals surface area contributed by atoms with Crippen molar-refractivity contribution in [3.05, 3.63) is 50.9 Å². The Morgan fingerprint density at radius 1 is 1.05 bits per heavy atom. The second-order valence-electron chi connectivity index (χ2n) is 4.03. The summed E-state index contributed by atoms with van der Waals surface area (Å²) in [6.45, 7) is 0. The first kappa shape index (κ1) is 16.2. The molecular formula is C12H8Br2F2N2O2S. The Morgan fingerprint density at radius 2 is 1.71 bits per heavy atom. The van der Waals surface area contributed by atoms with Crippen molar-refractivity contribution in [2.24, 2.45) is 0 Å². The standard InChI is InChI=1S/C12H8Br2F2N2O2S/c13-7-4-9(16)12(5-10(7)17)21(19,20)18-11-2-1-6(15)3-8(11)14/h1-5,18H,17H2. The molecule has 0 spiro atoms. The molecule has 9 heteroatoms. The van der Waals surface area contributed by atoms with Gasteiger partial charge >= 0.3 is 0 Å². The van der Waals surface area contributed by atoms with Crippen molar-refractivity contribution in [2.45, 2.75) is 4.90 Å². The topological polar surface area (TPSA) is 72.2 Å². The molecule has 21 heavy (non-hydrogen) atoms.